The van der Waals surface area contributed by atoms with E-state index in [-0.39, 0.29) is 10.5 Å². The predicted molar refractivity (Wildman–Crippen MR) is 101 cm³/mol. The number of carbonyl (C=O) groups excluding carboxylic acids is 2. The van der Waals surface area contributed by atoms with Crippen LogP contribution >= 0.6 is 0 Å². The Bertz CT molecular complexity index is 1130. The molecule has 1 unspecified atom stereocenters. The van der Waals surface area contributed by atoms with Crippen LogP contribution in [0.2, 0.25) is 0 Å². The van der Waals surface area contributed by atoms with Crippen molar-refractivity contribution in [2.24, 2.45) is 0 Å². The molecule has 4 rings (SSSR count). The van der Waals surface area contributed by atoms with Crippen LogP contribution in [0.5, 0.6) is 0 Å². The van der Waals surface area contributed by atoms with E-state index < -0.39 is 27.8 Å². The van der Waals surface area contributed by atoms with Gasteiger partial charge in [-0.05, 0) is 47.4 Å². The molecule has 0 radical (unpaired) electrons. The van der Waals surface area contributed by atoms with Gasteiger partial charge < -0.3 is 5.32 Å². The zero-order valence-electron chi connectivity index (χ0n) is 14.7. The van der Waals surface area contributed by atoms with Gasteiger partial charge in [-0.2, -0.15) is 0 Å². The Morgan fingerprint density at radius 2 is 1.85 bits per heavy atom. The second-order valence-electron chi connectivity index (χ2n) is 6.61. The van der Waals surface area contributed by atoms with Gasteiger partial charge in [0.2, 0.25) is 5.91 Å². The number of carbonyl (C=O) groups is 2. The van der Waals surface area contributed by atoms with Crippen LogP contribution in [0.3, 0.4) is 0 Å². The summed E-state index contributed by atoms with van der Waals surface area (Å²) in [6, 6.07) is 10.4. The second kappa shape index (κ2) is 6.35. The average molecular weight is 382 g/mol. The Labute approximate surface area is 157 Å². The van der Waals surface area contributed by atoms with Crippen LogP contribution in [0.1, 0.15) is 24.3 Å². The van der Waals surface area contributed by atoms with E-state index in [4.69, 9.17) is 0 Å². The lowest BCUT2D eigenvalue weighted by molar-refractivity contribution is -0.134. The van der Waals surface area contributed by atoms with E-state index in [1.807, 2.05) is 30.4 Å². The summed E-state index contributed by atoms with van der Waals surface area (Å²) in [6.45, 7) is 0. The number of hydrogen-bond acceptors (Lipinski definition) is 4. The number of fused-ring (bicyclic) bond motifs is 2. The molecular formula is C20H18N2O4S. The van der Waals surface area contributed by atoms with Gasteiger partial charge in [0.15, 0.2) is 0 Å². The minimum atomic E-state index is -3.99. The van der Waals surface area contributed by atoms with Gasteiger partial charge in [0.1, 0.15) is 5.92 Å². The molecule has 2 amide bonds. The number of sulfonamides is 1. The highest BCUT2D eigenvalue weighted by Crippen LogP contribution is 2.37. The highest BCUT2D eigenvalue weighted by atomic mass is 32.2. The molecule has 138 valence electrons. The quantitative estimate of drug-likeness (QED) is 0.809. The van der Waals surface area contributed by atoms with Crippen LogP contribution < -0.4 is 5.32 Å². The van der Waals surface area contributed by atoms with Gasteiger partial charge in [-0.15, -0.1) is 0 Å². The molecule has 6 nitrogen and oxygen atoms in total. The van der Waals surface area contributed by atoms with Crippen molar-refractivity contribution in [1.82, 2.24) is 9.62 Å². The molecule has 0 spiro atoms. The molecule has 27 heavy (non-hydrogen) atoms. The van der Waals surface area contributed by atoms with Crippen molar-refractivity contribution >= 4 is 32.6 Å². The Morgan fingerprint density at radius 3 is 2.52 bits per heavy atom. The van der Waals surface area contributed by atoms with Crippen molar-refractivity contribution in [3.63, 3.8) is 0 Å². The maximum absolute atomic E-state index is 12.9. The maximum atomic E-state index is 12.9. The third-order valence-electron chi connectivity index (χ3n) is 4.91. The molecule has 1 heterocycles. The van der Waals surface area contributed by atoms with Gasteiger partial charge in [-0.25, -0.2) is 12.7 Å². The predicted octanol–water partition coefficient (Wildman–Crippen LogP) is 2.43. The molecular weight excluding hydrogens is 364 g/mol. The van der Waals surface area contributed by atoms with E-state index >= 15 is 0 Å². The number of rotatable bonds is 2. The number of nitrogens with zero attached hydrogens (tertiary/aromatic N) is 1. The second-order valence-corrected chi connectivity index (χ2v) is 8.55. The van der Waals surface area contributed by atoms with Gasteiger partial charge in [0, 0.05) is 12.7 Å². The fraction of sp³-hybridized carbons (Fsp3) is 0.200. The van der Waals surface area contributed by atoms with Crippen LogP contribution in [0.4, 0.5) is 0 Å². The third kappa shape index (κ3) is 2.84. The summed E-state index contributed by atoms with van der Waals surface area (Å²) < 4.78 is 26.2. The van der Waals surface area contributed by atoms with Crippen LogP contribution in [-0.2, 0) is 19.6 Å². The van der Waals surface area contributed by atoms with E-state index in [9.17, 15) is 18.0 Å². The Balaban J connectivity index is 1.86. The van der Waals surface area contributed by atoms with Gasteiger partial charge >= 0.3 is 0 Å². The summed E-state index contributed by atoms with van der Waals surface area (Å²) in [5.41, 5.74) is 0.840. The van der Waals surface area contributed by atoms with Gasteiger partial charge in [-0.3, -0.25) is 9.59 Å². The van der Waals surface area contributed by atoms with Crippen LogP contribution in [-0.4, -0.2) is 31.6 Å². The van der Waals surface area contributed by atoms with Crippen molar-refractivity contribution < 1.29 is 18.0 Å². The summed E-state index contributed by atoms with van der Waals surface area (Å²) in [5, 5.41) is 4.26. The Hall–Kier alpha value is -2.93. The molecule has 2 aliphatic rings. The van der Waals surface area contributed by atoms with E-state index in [2.05, 4.69) is 5.32 Å². The largest absolute Gasteiger partial charge is 0.325 e. The minimum absolute atomic E-state index is 0.00313. The molecule has 0 fully saturated rings. The molecule has 0 bridgehead atoms. The molecule has 1 N–H and O–H groups in total. The summed E-state index contributed by atoms with van der Waals surface area (Å²) in [4.78, 5) is 25.7. The lowest BCUT2D eigenvalue weighted by Gasteiger charge is -2.31. The van der Waals surface area contributed by atoms with Crippen molar-refractivity contribution in [3.8, 4) is 0 Å². The number of hydrogen-bond donors (Lipinski definition) is 1. The topological polar surface area (TPSA) is 83.6 Å². The van der Waals surface area contributed by atoms with Crippen molar-refractivity contribution in [2.75, 3.05) is 7.05 Å². The molecule has 7 heteroatoms. The summed E-state index contributed by atoms with van der Waals surface area (Å²) in [6.07, 6.45) is 7.32. The average Bonchev–Trinajstić information content (AvgIpc) is 2.66. The minimum Gasteiger partial charge on any atom is -0.325 e. The van der Waals surface area contributed by atoms with Crippen LogP contribution in [0.25, 0.3) is 10.8 Å². The van der Waals surface area contributed by atoms with Crippen LogP contribution in [0.15, 0.2) is 65.2 Å². The zero-order valence-corrected chi connectivity index (χ0v) is 15.5. The molecule has 1 aliphatic heterocycles. The molecule has 1 atom stereocenters. The first-order valence-corrected chi connectivity index (χ1v) is 10.1. The van der Waals surface area contributed by atoms with Crippen molar-refractivity contribution in [1.29, 1.82) is 0 Å². The van der Waals surface area contributed by atoms with E-state index in [1.54, 1.807) is 18.2 Å². The first-order chi connectivity index (χ1) is 12.9. The number of benzene rings is 2. The fourth-order valence-electron chi connectivity index (χ4n) is 3.44. The van der Waals surface area contributed by atoms with E-state index in [1.165, 1.54) is 13.1 Å². The lowest BCUT2D eigenvalue weighted by atomic mass is 9.94. The molecule has 0 saturated heterocycles. The summed E-state index contributed by atoms with van der Waals surface area (Å²) >= 11 is 0. The van der Waals surface area contributed by atoms with E-state index in [0.29, 0.717) is 10.0 Å². The molecule has 1 aliphatic carbocycles. The lowest BCUT2D eigenvalue weighted by Crippen LogP contribution is -2.47. The summed E-state index contributed by atoms with van der Waals surface area (Å²) in [5.74, 6) is -2.50. The zero-order chi connectivity index (χ0) is 19.2. The smallest absolute Gasteiger partial charge is 0.266 e. The number of allylic oxidation sites excluding steroid dienone is 3. The molecule has 2 aromatic carbocycles. The standard InChI is InChI=1S/C20H18N2O4S/c1-22-20(24)18(19(23)21-15-9-3-2-4-10-15)16-11-13-7-5-6-8-14(13)12-17(16)27(22,25)26/h3,5-12,18H,2,4H2,1H3,(H,21,23). The molecule has 2 aromatic rings. The van der Waals surface area contributed by atoms with Crippen LogP contribution in [0, 0.1) is 0 Å². The highest BCUT2D eigenvalue weighted by Gasteiger charge is 2.44. The van der Waals surface area contributed by atoms with Crippen molar-refractivity contribution in [2.45, 2.75) is 23.7 Å². The summed E-state index contributed by atoms with van der Waals surface area (Å²) in [7, 11) is -2.80. The van der Waals surface area contributed by atoms with Crippen molar-refractivity contribution in [3.05, 3.63) is 65.9 Å². The third-order valence-corrected chi connectivity index (χ3v) is 6.72. The molecule has 0 saturated carbocycles. The molecule has 0 aromatic heterocycles. The Kier molecular flexibility index (Phi) is 4.11. The van der Waals surface area contributed by atoms with Gasteiger partial charge in [-0.1, -0.05) is 36.4 Å². The maximum Gasteiger partial charge on any atom is 0.266 e. The number of nitrogens with one attached hydrogen (secondary N) is 1. The number of amides is 2. The normalized spacial score (nSPS) is 20.9. The van der Waals surface area contributed by atoms with E-state index in [0.717, 1.165) is 23.6 Å². The first-order valence-electron chi connectivity index (χ1n) is 8.62. The number of likely N-dealkylation sites (N-methyl/N-ethyl adjacent to an activating group) is 1. The SMILES string of the molecule is CN1C(=O)C(C(=O)NC2=CCCC=C2)c2cc3ccccc3cc2S1(=O)=O. The first kappa shape index (κ1) is 17.5. The Morgan fingerprint density at radius 1 is 1.15 bits per heavy atom. The monoisotopic (exact) mass is 382 g/mol. The van der Waals surface area contributed by atoms with Gasteiger partial charge in [0.05, 0.1) is 4.90 Å². The van der Waals surface area contributed by atoms with Gasteiger partial charge in [0.25, 0.3) is 15.9 Å². The highest BCUT2D eigenvalue weighted by molar-refractivity contribution is 7.89. The fourth-order valence-corrected chi connectivity index (χ4v) is 4.83.